The second-order valence-electron chi connectivity index (χ2n) is 4.34. The smallest absolute Gasteiger partial charge is 0.246 e. The molecule has 1 aliphatic rings. The van der Waals surface area contributed by atoms with Crippen LogP contribution in [-0.2, 0) is 10.0 Å². The summed E-state index contributed by atoms with van der Waals surface area (Å²) in [5.41, 5.74) is 5.74. The van der Waals surface area contributed by atoms with Gasteiger partial charge < -0.3 is 5.73 Å². The van der Waals surface area contributed by atoms with E-state index in [2.05, 4.69) is 0 Å². The molecule has 1 aromatic rings. The molecule has 19 heavy (non-hydrogen) atoms. The molecule has 1 fully saturated rings. The highest BCUT2D eigenvalue weighted by Crippen LogP contribution is 2.25. The largest absolute Gasteiger partial charge is 0.327 e. The lowest BCUT2D eigenvalue weighted by Gasteiger charge is -2.29. The Hall–Kier alpha value is -0.400. The van der Waals surface area contributed by atoms with Crippen molar-refractivity contribution in [2.24, 2.45) is 5.73 Å². The van der Waals surface area contributed by atoms with Gasteiger partial charge in [0.05, 0.1) is 0 Å². The van der Waals surface area contributed by atoms with Crippen molar-refractivity contribution >= 4 is 34.0 Å². The van der Waals surface area contributed by atoms with Crippen molar-refractivity contribution < 1.29 is 12.8 Å². The number of benzene rings is 1. The van der Waals surface area contributed by atoms with Crippen LogP contribution in [0, 0.1) is 5.82 Å². The molecule has 2 N–H and O–H groups in total. The maximum Gasteiger partial charge on any atom is 0.246 e. The van der Waals surface area contributed by atoms with Gasteiger partial charge in [-0.3, -0.25) is 0 Å². The topological polar surface area (TPSA) is 63.4 Å². The standard InChI is InChI=1S/C11H14ClFN2O2S.ClH/c12-8-3-4-10(13)11(6-8)18(16,17)15-5-1-2-9(14)7-15;/h3-4,6,9H,1-2,5,7,14H2;1H. The van der Waals surface area contributed by atoms with Crippen LogP contribution in [0.2, 0.25) is 5.02 Å². The zero-order valence-corrected chi connectivity index (χ0v) is 12.4. The lowest BCUT2D eigenvalue weighted by molar-refractivity contribution is 0.315. The first-order valence-electron chi connectivity index (χ1n) is 5.62. The molecule has 1 atom stereocenters. The molecule has 0 aliphatic carbocycles. The van der Waals surface area contributed by atoms with E-state index in [0.29, 0.717) is 13.0 Å². The maximum absolute atomic E-state index is 13.6. The van der Waals surface area contributed by atoms with Crippen molar-refractivity contribution in [2.45, 2.75) is 23.8 Å². The number of hydrogen-bond acceptors (Lipinski definition) is 3. The van der Waals surface area contributed by atoms with Crippen molar-refractivity contribution in [1.82, 2.24) is 4.31 Å². The third-order valence-corrected chi connectivity index (χ3v) is 5.05. The molecule has 1 saturated heterocycles. The normalized spacial score (nSPS) is 20.9. The Kier molecular flexibility index (Phi) is 5.58. The fourth-order valence-corrected chi connectivity index (χ4v) is 3.87. The Balaban J connectivity index is 0.00000180. The molecule has 0 amide bonds. The number of rotatable bonds is 2. The van der Waals surface area contributed by atoms with Gasteiger partial charge in [-0.05, 0) is 31.0 Å². The third-order valence-electron chi connectivity index (χ3n) is 2.93. The first kappa shape index (κ1) is 16.7. The first-order chi connectivity index (χ1) is 8.41. The summed E-state index contributed by atoms with van der Waals surface area (Å²) in [6.45, 7) is 0.580. The zero-order chi connectivity index (χ0) is 13.3. The van der Waals surface area contributed by atoms with Crippen molar-refractivity contribution in [2.75, 3.05) is 13.1 Å². The summed E-state index contributed by atoms with van der Waals surface area (Å²) in [7, 11) is -3.85. The van der Waals surface area contributed by atoms with E-state index >= 15 is 0 Å². The Morgan fingerprint density at radius 1 is 1.42 bits per heavy atom. The zero-order valence-electron chi connectivity index (χ0n) is 10.1. The van der Waals surface area contributed by atoms with E-state index in [1.807, 2.05) is 0 Å². The molecule has 1 aromatic carbocycles. The monoisotopic (exact) mass is 328 g/mol. The fraction of sp³-hybridized carbons (Fsp3) is 0.455. The van der Waals surface area contributed by atoms with Gasteiger partial charge in [-0.25, -0.2) is 12.8 Å². The maximum atomic E-state index is 13.6. The minimum Gasteiger partial charge on any atom is -0.327 e. The molecule has 0 spiro atoms. The summed E-state index contributed by atoms with van der Waals surface area (Å²) in [5.74, 6) is -0.793. The van der Waals surface area contributed by atoms with Gasteiger partial charge in [-0.15, -0.1) is 12.4 Å². The summed E-state index contributed by atoms with van der Waals surface area (Å²) in [6.07, 6.45) is 1.46. The average molecular weight is 329 g/mol. The Morgan fingerprint density at radius 2 is 2.11 bits per heavy atom. The second-order valence-corrected chi connectivity index (χ2v) is 6.68. The van der Waals surface area contributed by atoms with Gasteiger partial charge in [0, 0.05) is 24.2 Å². The average Bonchev–Trinajstić information content (AvgIpc) is 2.32. The summed E-state index contributed by atoms with van der Waals surface area (Å²) in [6, 6.07) is 3.30. The molecule has 2 rings (SSSR count). The van der Waals surface area contributed by atoms with Gasteiger partial charge in [0.2, 0.25) is 10.0 Å². The van der Waals surface area contributed by atoms with Crippen molar-refractivity contribution in [3.05, 3.63) is 29.0 Å². The summed E-state index contributed by atoms with van der Waals surface area (Å²) in [4.78, 5) is -0.385. The quantitative estimate of drug-likeness (QED) is 0.903. The number of piperidine rings is 1. The molecule has 0 aromatic heterocycles. The Labute approximate surface area is 123 Å². The van der Waals surface area contributed by atoms with E-state index in [1.165, 1.54) is 10.4 Å². The third kappa shape index (κ3) is 3.58. The summed E-state index contributed by atoms with van der Waals surface area (Å²) < 4.78 is 39.4. The fourth-order valence-electron chi connectivity index (χ4n) is 2.01. The number of halogens is 3. The lowest BCUT2D eigenvalue weighted by Crippen LogP contribution is -2.45. The van der Waals surface area contributed by atoms with Crippen LogP contribution in [0.3, 0.4) is 0 Å². The molecular weight excluding hydrogens is 314 g/mol. The minimum absolute atomic E-state index is 0. The molecule has 1 heterocycles. The Bertz CT molecular complexity index is 554. The summed E-state index contributed by atoms with van der Waals surface area (Å²) in [5, 5.41) is 0.191. The van der Waals surface area contributed by atoms with Crippen LogP contribution in [0.4, 0.5) is 4.39 Å². The summed E-state index contributed by atoms with van der Waals surface area (Å²) >= 11 is 5.72. The Morgan fingerprint density at radius 3 is 2.74 bits per heavy atom. The first-order valence-corrected chi connectivity index (χ1v) is 7.44. The number of nitrogens with two attached hydrogens (primary N) is 1. The molecule has 0 bridgehead atoms. The molecular formula is C11H15Cl2FN2O2S. The van der Waals surface area contributed by atoms with Crippen LogP contribution in [0.15, 0.2) is 23.1 Å². The van der Waals surface area contributed by atoms with Gasteiger partial charge in [-0.1, -0.05) is 11.6 Å². The van der Waals surface area contributed by atoms with E-state index in [1.54, 1.807) is 0 Å². The lowest BCUT2D eigenvalue weighted by atomic mass is 10.1. The SMILES string of the molecule is Cl.NC1CCCN(S(=O)(=O)c2cc(Cl)ccc2F)C1. The number of sulfonamides is 1. The van der Waals surface area contributed by atoms with Gasteiger partial charge in [-0.2, -0.15) is 4.31 Å². The van der Waals surface area contributed by atoms with Crippen LogP contribution in [0.5, 0.6) is 0 Å². The molecule has 8 heteroatoms. The van der Waals surface area contributed by atoms with Gasteiger partial charge in [0.25, 0.3) is 0 Å². The van der Waals surface area contributed by atoms with E-state index < -0.39 is 15.8 Å². The van der Waals surface area contributed by atoms with Gasteiger partial charge in [0.15, 0.2) is 0 Å². The van der Waals surface area contributed by atoms with Crippen LogP contribution in [-0.4, -0.2) is 31.9 Å². The predicted octanol–water partition coefficient (Wildman–Crippen LogP) is 2.01. The van der Waals surface area contributed by atoms with Gasteiger partial charge in [0.1, 0.15) is 10.7 Å². The molecule has 0 radical (unpaired) electrons. The van der Waals surface area contributed by atoms with Crippen LogP contribution >= 0.6 is 24.0 Å². The predicted molar refractivity (Wildman–Crippen MR) is 74.6 cm³/mol. The van der Waals surface area contributed by atoms with Crippen LogP contribution in [0.25, 0.3) is 0 Å². The molecule has 0 saturated carbocycles. The molecule has 1 aliphatic heterocycles. The van der Waals surface area contributed by atoms with E-state index in [-0.39, 0.29) is 34.9 Å². The van der Waals surface area contributed by atoms with E-state index in [0.717, 1.165) is 18.6 Å². The highest BCUT2D eigenvalue weighted by molar-refractivity contribution is 7.89. The number of hydrogen-bond donors (Lipinski definition) is 1. The van der Waals surface area contributed by atoms with Crippen LogP contribution < -0.4 is 5.73 Å². The molecule has 4 nitrogen and oxygen atoms in total. The number of nitrogens with zero attached hydrogens (tertiary/aromatic N) is 1. The molecule has 1 unspecified atom stereocenters. The minimum atomic E-state index is -3.85. The van der Waals surface area contributed by atoms with Crippen molar-refractivity contribution in [3.8, 4) is 0 Å². The highest BCUT2D eigenvalue weighted by atomic mass is 35.5. The highest BCUT2D eigenvalue weighted by Gasteiger charge is 2.31. The van der Waals surface area contributed by atoms with E-state index in [4.69, 9.17) is 17.3 Å². The van der Waals surface area contributed by atoms with Crippen LogP contribution in [0.1, 0.15) is 12.8 Å². The second kappa shape index (κ2) is 6.37. The molecule has 108 valence electrons. The van der Waals surface area contributed by atoms with Gasteiger partial charge >= 0.3 is 0 Å². The van der Waals surface area contributed by atoms with Crippen molar-refractivity contribution in [1.29, 1.82) is 0 Å². The van der Waals surface area contributed by atoms with Crippen molar-refractivity contribution in [3.63, 3.8) is 0 Å². The van der Waals surface area contributed by atoms with E-state index in [9.17, 15) is 12.8 Å².